The topological polar surface area (TPSA) is 46.3 Å². The van der Waals surface area contributed by atoms with Gasteiger partial charge in [0, 0.05) is 5.56 Å². The summed E-state index contributed by atoms with van der Waals surface area (Å²) in [5.74, 6) is 0.613. The minimum Gasteiger partial charge on any atom is -0.380 e. The molecule has 0 amide bonds. The van der Waals surface area contributed by atoms with Crippen LogP contribution in [0.4, 0.5) is 0 Å². The third-order valence-corrected chi connectivity index (χ3v) is 3.72. The molecular weight excluding hydrogens is 262 g/mol. The maximum Gasteiger partial charge on any atom is 0.173 e. The summed E-state index contributed by atoms with van der Waals surface area (Å²) in [5, 5.41) is 15.1. The number of aryl methyl sites for hydroxylation is 1. The zero-order chi connectivity index (χ0) is 14.9. The van der Waals surface area contributed by atoms with Crippen molar-refractivity contribution in [3.05, 3.63) is 77.5 Å². The smallest absolute Gasteiger partial charge is 0.173 e. The van der Waals surface area contributed by atoms with Crippen LogP contribution in [0, 0.1) is 6.92 Å². The van der Waals surface area contributed by atoms with Gasteiger partial charge in [0.15, 0.2) is 5.76 Å². The second-order valence-corrected chi connectivity index (χ2v) is 5.28. The molecule has 3 nitrogen and oxygen atoms in total. The van der Waals surface area contributed by atoms with Gasteiger partial charge in [-0.25, -0.2) is 0 Å². The lowest BCUT2D eigenvalue weighted by molar-refractivity contribution is 0.102. The van der Waals surface area contributed by atoms with Crippen LogP contribution in [0.1, 0.15) is 23.7 Å². The average molecular weight is 279 g/mol. The molecule has 3 heteroatoms. The van der Waals surface area contributed by atoms with Crippen LogP contribution < -0.4 is 0 Å². The van der Waals surface area contributed by atoms with Crippen molar-refractivity contribution in [1.82, 2.24) is 5.16 Å². The lowest BCUT2D eigenvalue weighted by Crippen LogP contribution is -2.24. The third kappa shape index (κ3) is 2.36. The lowest BCUT2D eigenvalue weighted by atomic mass is 9.85. The zero-order valence-electron chi connectivity index (χ0n) is 12.1. The monoisotopic (exact) mass is 279 g/mol. The number of nitrogens with zero attached hydrogens (tertiary/aromatic N) is 1. The van der Waals surface area contributed by atoms with Gasteiger partial charge < -0.3 is 9.63 Å². The Balaban J connectivity index is 2.17. The molecule has 2 aromatic carbocycles. The van der Waals surface area contributed by atoms with Crippen LogP contribution in [0.15, 0.2) is 65.2 Å². The van der Waals surface area contributed by atoms with Gasteiger partial charge in [0.05, 0.1) is 11.3 Å². The van der Waals surface area contributed by atoms with Crippen LogP contribution in [0.25, 0.3) is 11.3 Å². The van der Waals surface area contributed by atoms with Crippen LogP contribution in [0.3, 0.4) is 0 Å². The first-order valence-electron chi connectivity index (χ1n) is 6.91. The highest BCUT2D eigenvalue weighted by Crippen LogP contribution is 2.38. The molecule has 1 aromatic heterocycles. The molecule has 3 rings (SSSR count). The summed E-state index contributed by atoms with van der Waals surface area (Å²) in [6.45, 7) is 3.62. The molecular formula is C18H17NO2. The van der Waals surface area contributed by atoms with Gasteiger partial charge in [-0.1, -0.05) is 65.8 Å². The van der Waals surface area contributed by atoms with Crippen molar-refractivity contribution in [2.75, 3.05) is 0 Å². The number of rotatable bonds is 3. The first-order chi connectivity index (χ1) is 10.1. The third-order valence-electron chi connectivity index (χ3n) is 3.72. The minimum absolute atomic E-state index is 0.613. The molecule has 0 aliphatic rings. The number of aliphatic hydroxyl groups is 1. The van der Waals surface area contributed by atoms with Gasteiger partial charge in [-0.2, -0.15) is 0 Å². The first kappa shape index (κ1) is 13.6. The van der Waals surface area contributed by atoms with Crippen LogP contribution in [0.2, 0.25) is 0 Å². The fraction of sp³-hybridized carbons (Fsp3) is 0.167. The largest absolute Gasteiger partial charge is 0.380 e. The Morgan fingerprint density at radius 2 is 1.52 bits per heavy atom. The van der Waals surface area contributed by atoms with Crippen LogP contribution in [-0.2, 0) is 5.60 Å². The van der Waals surface area contributed by atoms with Crippen molar-refractivity contribution in [3.63, 3.8) is 0 Å². The maximum atomic E-state index is 11.1. The molecule has 1 atom stereocenters. The highest BCUT2D eigenvalue weighted by Gasteiger charge is 2.33. The molecule has 0 saturated carbocycles. The lowest BCUT2D eigenvalue weighted by Gasteiger charge is -2.24. The van der Waals surface area contributed by atoms with Gasteiger partial charge in [-0.3, -0.25) is 0 Å². The normalized spacial score (nSPS) is 13.9. The van der Waals surface area contributed by atoms with Gasteiger partial charge in [0.25, 0.3) is 0 Å². The Morgan fingerprint density at radius 1 is 0.952 bits per heavy atom. The average Bonchev–Trinajstić information content (AvgIpc) is 2.91. The van der Waals surface area contributed by atoms with E-state index in [1.165, 1.54) is 0 Å². The fourth-order valence-corrected chi connectivity index (χ4v) is 2.64. The van der Waals surface area contributed by atoms with E-state index in [2.05, 4.69) is 5.16 Å². The maximum absolute atomic E-state index is 11.1. The van der Waals surface area contributed by atoms with E-state index >= 15 is 0 Å². The Kier molecular flexibility index (Phi) is 3.35. The van der Waals surface area contributed by atoms with Gasteiger partial charge in [0.2, 0.25) is 0 Å². The van der Waals surface area contributed by atoms with Gasteiger partial charge in [-0.05, 0) is 19.4 Å². The van der Waals surface area contributed by atoms with Crippen molar-refractivity contribution in [2.24, 2.45) is 0 Å². The molecule has 3 aromatic rings. The van der Waals surface area contributed by atoms with E-state index < -0.39 is 5.60 Å². The molecule has 0 bridgehead atoms. The second-order valence-electron chi connectivity index (χ2n) is 5.28. The van der Waals surface area contributed by atoms with Crippen molar-refractivity contribution < 1.29 is 9.63 Å². The molecule has 0 spiro atoms. The molecule has 0 radical (unpaired) electrons. The van der Waals surface area contributed by atoms with E-state index in [-0.39, 0.29) is 0 Å². The van der Waals surface area contributed by atoms with E-state index in [0.717, 1.165) is 11.1 Å². The summed E-state index contributed by atoms with van der Waals surface area (Å²) in [6, 6.07) is 19.3. The Hall–Kier alpha value is -2.39. The molecule has 1 N–H and O–H groups in total. The summed E-state index contributed by atoms with van der Waals surface area (Å²) in [7, 11) is 0. The SMILES string of the molecule is Cc1noc(-c2ccccc2)c1C(C)(O)c1ccccc1. The van der Waals surface area contributed by atoms with Gasteiger partial charge in [-0.15, -0.1) is 0 Å². The molecule has 1 heterocycles. The predicted octanol–water partition coefficient (Wildman–Crippen LogP) is 3.91. The quantitative estimate of drug-likeness (QED) is 0.790. The minimum atomic E-state index is -1.16. The van der Waals surface area contributed by atoms with Crippen LogP contribution >= 0.6 is 0 Å². The van der Waals surface area contributed by atoms with E-state index in [4.69, 9.17) is 4.52 Å². The van der Waals surface area contributed by atoms with E-state index in [0.29, 0.717) is 17.0 Å². The second kappa shape index (κ2) is 5.19. The Labute approximate surface area is 123 Å². The number of hydrogen-bond donors (Lipinski definition) is 1. The Morgan fingerprint density at radius 3 is 2.14 bits per heavy atom. The van der Waals surface area contributed by atoms with Crippen LogP contribution in [-0.4, -0.2) is 10.3 Å². The molecule has 106 valence electrons. The Bertz CT molecular complexity index is 730. The summed E-state index contributed by atoms with van der Waals surface area (Å²) in [6.07, 6.45) is 0. The van der Waals surface area contributed by atoms with E-state index in [1.54, 1.807) is 6.92 Å². The summed E-state index contributed by atoms with van der Waals surface area (Å²) in [4.78, 5) is 0. The molecule has 1 unspecified atom stereocenters. The molecule has 0 fully saturated rings. The fourth-order valence-electron chi connectivity index (χ4n) is 2.64. The highest BCUT2D eigenvalue weighted by atomic mass is 16.5. The summed E-state index contributed by atoms with van der Waals surface area (Å²) in [5.41, 5.74) is 1.97. The van der Waals surface area contributed by atoms with E-state index in [1.807, 2.05) is 67.6 Å². The van der Waals surface area contributed by atoms with Crippen molar-refractivity contribution in [3.8, 4) is 11.3 Å². The molecule has 0 saturated heterocycles. The van der Waals surface area contributed by atoms with Gasteiger partial charge in [0.1, 0.15) is 5.60 Å². The first-order valence-corrected chi connectivity index (χ1v) is 6.91. The predicted molar refractivity (Wildman–Crippen MR) is 81.8 cm³/mol. The van der Waals surface area contributed by atoms with Crippen molar-refractivity contribution in [1.29, 1.82) is 0 Å². The standard InChI is InChI=1S/C18H17NO2/c1-13-16(18(2,20)15-11-7-4-8-12-15)17(21-19-13)14-9-5-3-6-10-14/h3-12,20H,1-2H3. The molecule has 0 aliphatic carbocycles. The van der Waals surface area contributed by atoms with Crippen LogP contribution in [0.5, 0.6) is 0 Å². The summed E-state index contributed by atoms with van der Waals surface area (Å²) < 4.78 is 5.48. The zero-order valence-corrected chi connectivity index (χ0v) is 12.1. The highest BCUT2D eigenvalue weighted by molar-refractivity contribution is 5.64. The summed E-state index contributed by atoms with van der Waals surface area (Å²) >= 11 is 0. The molecule has 21 heavy (non-hydrogen) atoms. The van der Waals surface area contributed by atoms with E-state index in [9.17, 15) is 5.11 Å². The van der Waals surface area contributed by atoms with Gasteiger partial charge >= 0.3 is 0 Å². The van der Waals surface area contributed by atoms with Crippen molar-refractivity contribution in [2.45, 2.75) is 19.4 Å². The number of benzene rings is 2. The number of aromatic nitrogens is 1. The molecule has 0 aliphatic heterocycles. The number of hydrogen-bond acceptors (Lipinski definition) is 3. The van der Waals surface area contributed by atoms with Crippen molar-refractivity contribution >= 4 is 0 Å².